The van der Waals surface area contributed by atoms with E-state index in [9.17, 15) is 4.79 Å². The van der Waals surface area contributed by atoms with Crippen molar-refractivity contribution in [3.05, 3.63) is 57.6 Å². The third-order valence-electron chi connectivity index (χ3n) is 5.11. The smallest absolute Gasteiger partial charge is 0.251 e. The maximum atomic E-state index is 12.3. The number of amides is 1. The number of rotatable bonds is 7. The summed E-state index contributed by atoms with van der Waals surface area (Å²) in [6.45, 7) is 5.23. The molecule has 0 spiro atoms. The molecule has 1 saturated heterocycles. The van der Waals surface area contributed by atoms with Crippen LogP contribution in [0.15, 0.2) is 36.4 Å². The highest BCUT2D eigenvalue weighted by atomic mass is 35.5. The van der Waals surface area contributed by atoms with Gasteiger partial charge < -0.3 is 19.7 Å². The van der Waals surface area contributed by atoms with E-state index in [0.29, 0.717) is 22.2 Å². The molecule has 2 aromatic rings. The van der Waals surface area contributed by atoms with Crippen molar-refractivity contribution in [2.24, 2.45) is 0 Å². The Bertz CT molecular complexity index is 852. The fourth-order valence-electron chi connectivity index (χ4n) is 3.38. The van der Waals surface area contributed by atoms with Crippen molar-refractivity contribution in [3.63, 3.8) is 0 Å². The van der Waals surface area contributed by atoms with Crippen molar-refractivity contribution in [2.45, 2.75) is 25.9 Å². The van der Waals surface area contributed by atoms with Gasteiger partial charge in [-0.3, -0.25) is 4.79 Å². The Morgan fingerprint density at radius 2 is 1.90 bits per heavy atom. The van der Waals surface area contributed by atoms with Crippen molar-refractivity contribution in [1.29, 1.82) is 0 Å². The van der Waals surface area contributed by atoms with Crippen molar-refractivity contribution in [1.82, 2.24) is 10.2 Å². The summed E-state index contributed by atoms with van der Waals surface area (Å²) in [5.74, 6) is 1.39. The zero-order valence-electron chi connectivity index (χ0n) is 16.7. The number of nitrogens with zero attached hydrogens (tertiary/aromatic N) is 1. The second kappa shape index (κ2) is 10.2. The molecule has 7 heteroatoms. The van der Waals surface area contributed by atoms with Crippen LogP contribution in [0.1, 0.15) is 28.8 Å². The summed E-state index contributed by atoms with van der Waals surface area (Å²) in [5, 5.41) is 4.02. The van der Waals surface area contributed by atoms with Crippen LogP contribution in [0.4, 0.5) is 0 Å². The van der Waals surface area contributed by atoms with Gasteiger partial charge in [0.15, 0.2) is 0 Å². The molecule has 0 aliphatic carbocycles. The fourth-order valence-corrected chi connectivity index (χ4v) is 3.67. The molecule has 0 aromatic heterocycles. The third-order valence-corrected chi connectivity index (χ3v) is 5.85. The Morgan fingerprint density at radius 1 is 1.14 bits per heavy atom. The predicted molar refractivity (Wildman–Crippen MR) is 117 cm³/mol. The van der Waals surface area contributed by atoms with Crippen molar-refractivity contribution in [2.75, 3.05) is 33.3 Å². The Balaban J connectivity index is 1.39. The van der Waals surface area contributed by atoms with E-state index in [1.807, 2.05) is 25.1 Å². The lowest BCUT2D eigenvalue weighted by Gasteiger charge is -2.32. The topological polar surface area (TPSA) is 50.8 Å². The van der Waals surface area contributed by atoms with Crippen LogP contribution in [0.5, 0.6) is 11.5 Å². The van der Waals surface area contributed by atoms with Gasteiger partial charge in [-0.2, -0.15) is 0 Å². The second-order valence-corrected chi connectivity index (χ2v) is 7.99. The van der Waals surface area contributed by atoms with Gasteiger partial charge in [-0.05, 0) is 49.6 Å². The maximum absolute atomic E-state index is 12.3. The van der Waals surface area contributed by atoms with Gasteiger partial charge in [-0.15, -0.1) is 0 Å². The van der Waals surface area contributed by atoms with Gasteiger partial charge in [-0.25, -0.2) is 0 Å². The van der Waals surface area contributed by atoms with Crippen LogP contribution in [0.2, 0.25) is 10.0 Å². The van der Waals surface area contributed by atoms with E-state index in [4.69, 9.17) is 32.7 Å². The molecule has 0 bridgehead atoms. The molecule has 1 aliphatic rings. The van der Waals surface area contributed by atoms with Crippen LogP contribution < -0.4 is 14.8 Å². The monoisotopic (exact) mass is 436 g/mol. The number of aryl methyl sites for hydroxylation is 1. The largest absolute Gasteiger partial charge is 0.496 e. The minimum atomic E-state index is -0.0823. The molecule has 0 atom stereocenters. The molecule has 29 heavy (non-hydrogen) atoms. The Morgan fingerprint density at radius 3 is 2.59 bits per heavy atom. The standard InChI is InChI=1S/C22H26Cl2N2O3/c1-15-3-4-16(13-21(15)28-2)22(27)25-9-12-26-10-7-17(8-11-26)29-18-5-6-19(23)20(24)14-18/h3-6,13-14,17H,7-12H2,1-2H3,(H,25,27). The van der Waals surface area contributed by atoms with E-state index in [1.165, 1.54) is 0 Å². The molecule has 1 amide bonds. The average Bonchev–Trinajstić information content (AvgIpc) is 2.72. The van der Waals surface area contributed by atoms with Crippen molar-refractivity contribution in [3.8, 4) is 11.5 Å². The van der Waals surface area contributed by atoms with E-state index in [1.54, 1.807) is 25.3 Å². The Labute approximate surface area is 181 Å². The number of likely N-dealkylation sites (tertiary alicyclic amines) is 1. The second-order valence-electron chi connectivity index (χ2n) is 7.18. The molecule has 156 valence electrons. The molecule has 0 unspecified atom stereocenters. The van der Waals surface area contributed by atoms with E-state index in [0.717, 1.165) is 49.5 Å². The number of carbonyl (C=O) groups excluding carboxylic acids is 1. The lowest BCUT2D eigenvalue weighted by atomic mass is 10.1. The van der Waals surface area contributed by atoms with E-state index < -0.39 is 0 Å². The summed E-state index contributed by atoms with van der Waals surface area (Å²) in [5.41, 5.74) is 1.62. The fraction of sp³-hybridized carbons (Fsp3) is 0.409. The number of piperidine rings is 1. The predicted octanol–water partition coefficient (Wildman–Crippen LogP) is 4.58. The molecule has 3 rings (SSSR count). The minimum Gasteiger partial charge on any atom is -0.496 e. The first-order valence-electron chi connectivity index (χ1n) is 9.73. The van der Waals surface area contributed by atoms with Crippen molar-refractivity contribution >= 4 is 29.1 Å². The number of ether oxygens (including phenoxy) is 2. The summed E-state index contributed by atoms with van der Waals surface area (Å²) in [7, 11) is 1.61. The van der Waals surface area contributed by atoms with Crippen LogP contribution >= 0.6 is 23.2 Å². The molecule has 1 fully saturated rings. The minimum absolute atomic E-state index is 0.0823. The molecule has 2 aromatic carbocycles. The van der Waals surface area contributed by atoms with Gasteiger partial charge in [0.25, 0.3) is 5.91 Å². The number of carbonyl (C=O) groups is 1. The lowest BCUT2D eigenvalue weighted by Crippen LogP contribution is -2.42. The zero-order chi connectivity index (χ0) is 20.8. The van der Waals surface area contributed by atoms with Crippen LogP contribution in [0.25, 0.3) is 0 Å². The van der Waals surface area contributed by atoms with Crippen LogP contribution in [0.3, 0.4) is 0 Å². The number of benzene rings is 2. The zero-order valence-corrected chi connectivity index (χ0v) is 18.2. The van der Waals surface area contributed by atoms with E-state index in [2.05, 4.69) is 10.2 Å². The molecule has 0 radical (unpaired) electrons. The molecule has 1 heterocycles. The first-order chi connectivity index (χ1) is 14.0. The molecule has 5 nitrogen and oxygen atoms in total. The van der Waals surface area contributed by atoms with E-state index in [-0.39, 0.29) is 12.0 Å². The van der Waals surface area contributed by atoms with Gasteiger partial charge in [0.05, 0.1) is 17.2 Å². The molecule has 1 N–H and O–H groups in total. The summed E-state index contributed by atoms with van der Waals surface area (Å²) < 4.78 is 11.3. The maximum Gasteiger partial charge on any atom is 0.251 e. The summed E-state index contributed by atoms with van der Waals surface area (Å²) in [6, 6.07) is 10.8. The Kier molecular flexibility index (Phi) is 7.64. The van der Waals surface area contributed by atoms with Gasteiger partial charge in [0.2, 0.25) is 0 Å². The molecule has 1 aliphatic heterocycles. The number of methoxy groups -OCH3 is 1. The number of hydrogen-bond acceptors (Lipinski definition) is 4. The highest BCUT2D eigenvalue weighted by molar-refractivity contribution is 6.42. The first kappa shape index (κ1) is 21.8. The molecular weight excluding hydrogens is 411 g/mol. The number of halogens is 2. The normalized spacial score (nSPS) is 15.2. The van der Waals surface area contributed by atoms with Gasteiger partial charge in [0, 0.05) is 37.8 Å². The highest BCUT2D eigenvalue weighted by Gasteiger charge is 2.20. The SMILES string of the molecule is COc1cc(C(=O)NCCN2CCC(Oc3ccc(Cl)c(Cl)c3)CC2)ccc1C. The summed E-state index contributed by atoms with van der Waals surface area (Å²) >= 11 is 12.0. The molecular formula is C22H26Cl2N2O3. The van der Waals surface area contributed by atoms with Crippen LogP contribution in [0, 0.1) is 6.92 Å². The van der Waals surface area contributed by atoms with E-state index >= 15 is 0 Å². The first-order valence-corrected chi connectivity index (χ1v) is 10.5. The van der Waals surface area contributed by atoms with Gasteiger partial charge >= 0.3 is 0 Å². The summed E-state index contributed by atoms with van der Waals surface area (Å²) in [6.07, 6.45) is 2.03. The van der Waals surface area contributed by atoms with Crippen LogP contribution in [-0.2, 0) is 0 Å². The number of hydrogen-bond donors (Lipinski definition) is 1. The Hall–Kier alpha value is -1.95. The quantitative estimate of drug-likeness (QED) is 0.689. The average molecular weight is 437 g/mol. The van der Waals surface area contributed by atoms with Gasteiger partial charge in [-0.1, -0.05) is 29.3 Å². The number of nitrogens with one attached hydrogen (secondary N) is 1. The lowest BCUT2D eigenvalue weighted by molar-refractivity contribution is 0.0905. The highest BCUT2D eigenvalue weighted by Crippen LogP contribution is 2.28. The van der Waals surface area contributed by atoms with Crippen LogP contribution in [-0.4, -0.2) is 50.2 Å². The summed E-state index contributed by atoms with van der Waals surface area (Å²) in [4.78, 5) is 14.7. The van der Waals surface area contributed by atoms with Gasteiger partial charge in [0.1, 0.15) is 17.6 Å². The van der Waals surface area contributed by atoms with Crippen molar-refractivity contribution < 1.29 is 14.3 Å². The molecule has 0 saturated carbocycles. The third kappa shape index (κ3) is 6.01.